The van der Waals surface area contributed by atoms with Crippen molar-refractivity contribution in [2.24, 2.45) is 0 Å². The van der Waals surface area contributed by atoms with Gasteiger partial charge in [-0.1, -0.05) is 0 Å². The van der Waals surface area contributed by atoms with Crippen LogP contribution in [-0.4, -0.2) is 41.4 Å². The van der Waals surface area contributed by atoms with Crippen LogP contribution in [0.5, 0.6) is 5.75 Å². The number of nitrogens with one attached hydrogen (secondary N) is 1. The number of ether oxygens (including phenoxy) is 1. The highest BCUT2D eigenvalue weighted by Crippen LogP contribution is 2.16. The van der Waals surface area contributed by atoms with Crippen molar-refractivity contribution in [1.82, 2.24) is 4.98 Å². The monoisotopic (exact) mass is 242 g/mol. The third kappa shape index (κ3) is 3.57. The standard InChI is InChI=1S/C11H18N2O2S/c1-8(10(7-14)16-3)13-11-5-4-9(15-2)6-12-11/h4-6,8,10,14H,7H2,1-3H3,(H,12,13). The van der Waals surface area contributed by atoms with Gasteiger partial charge >= 0.3 is 0 Å². The zero-order valence-electron chi connectivity index (χ0n) is 9.80. The Kier molecular flexibility index (Phi) is 5.42. The van der Waals surface area contributed by atoms with Crippen molar-refractivity contribution in [3.8, 4) is 5.75 Å². The number of pyridine rings is 1. The van der Waals surface area contributed by atoms with Crippen molar-refractivity contribution in [2.45, 2.75) is 18.2 Å². The molecule has 16 heavy (non-hydrogen) atoms. The smallest absolute Gasteiger partial charge is 0.137 e. The summed E-state index contributed by atoms with van der Waals surface area (Å²) in [5.41, 5.74) is 0. The molecule has 2 unspecified atom stereocenters. The number of aromatic nitrogens is 1. The van der Waals surface area contributed by atoms with Gasteiger partial charge < -0.3 is 15.2 Å². The van der Waals surface area contributed by atoms with Gasteiger partial charge in [0.05, 0.1) is 19.9 Å². The van der Waals surface area contributed by atoms with Crippen LogP contribution in [0.15, 0.2) is 18.3 Å². The second kappa shape index (κ2) is 6.60. The fraction of sp³-hybridized carbons (Fsp3) is 0.545. The summed E-state index contributed by atoms with van der Waals surface area (Å²) in [6.07, 6.45) is 3.66. The molecular formula is C11H18N2O2S. The molecule has 1 aromatic rings. The molecule has 5 heteroatoms. The molecule has 0 spiro atoms. The van der Waals surface area contributed by atoms with Crippen molar-refractivity contribution < 1.29 is 9.84 Å². The number of aliphatic hydroxyl groups is 1. The highest BCUT2D eigenvalue weighted by Gasteiger charge is 2.14. The Labute approximate surface area is 100 Å². The van der Waals surface area contributed by atoms with E-state index in [1.54, 1.807) is 25.1 Å². The molecule has 0 aliphatic carbocycles. The molecule has 1 heterocycles. The zero-order valence-corrected chi connectivity index (χ0v) is 10.6. The van der Waals surface area contributed by atoms with Crippen molar-refractivity contribution in [2.75, 3.05) is 25.3 Å². The minimum Gasteiger partial charge on any atom is -0.495 e. The maximum absolute atomic E-state index is 9.16. The van der Waals surface area contributed by atoms with Crippen molar-refractivity contribution in [3.63, 3.8) is 0 Å². The van der Waals surface area contributed by atoms with Gasteiger partial charge in [0.15, 0.2) is 0 Å². The molecule has 2 N–H and O–H groups in total. The third-order valence-electron chi connectivity index (χ3n) is 2.39. The van der Waals surface area contributed by atoms with Crippen LogP contribution in [0.3, 0.4) is 0 Å². The Morgan fingerprint density at radius 1 is 1.56 bits per heavy atom. The topological polar surface area (TPSA) is 54.4 Å². The minimum absolute atomic E-state index is 0.158. The predicted octanol–water partition coefficient (Wildman–Crippen LogP) is 1.61. The molecule has 4 nitrogen and oxygen atoms in total. The van der Waals surface area contributed by atoms with Crippen LogP contribution < -0.4 is 10.1 Å². The summed E-state index contributed by atoms with van der Waals surface area (Å²) >= 11 is 1.64. The lowest BCUT2D eigenvalue weighted by molar-refractivity contribution is 0.288. The Bertz CT molecular complexity index is 301. The van der Waals surface area contributed by atoms with Crippen LogP contribution in [0.4, 0.5) is 5.82 Å². The van der Waals surface area contributed by atoms with Gasteiger partial charge in [0.2, 0.25) is 0 Å². The largest absolute Gasteiger partial charge is 0.495 e. The normalized spacial score (nSPS) is 14.2. The number of aliphatic hydroxyl groups excluding tert-OH is 1. The summed E-state index contributed by atoms with van der Waals surface area (Å²) in [5, 5.41) is 12.6. The van der Waals surface area contributed by atoms with E-state index in [2.05, 4.69) is 10.3 Å². The van der Waals surface area contributed by atoms with Crippen LogP contribution in [0.25, 0.3) is 0 Å². The van der Waals surface area contributed by atoms with E-state index in [0.717, 1.165) is 11.6 Å². The molecule has 0 fully saturated rings. The maximum atomic E-state index is 9.16. The molecule has 90 valence electrons. The summed E-state index contributed by atoms with van der Waals surface area (Å²) < 4.78 is 5.03. The van der Waals surface area contributed by atoms with Crippen molar-refractivity contribution in [3.05, 3.63) is 18.3 Å². The molecule has 0 saturated heterocycles. The van der Waals surface area contributed by atoms with Crippen LogP contribution in [0.2, 0.25) is 0 Å². The highest BCUT2D eigenvalue weighted by atomic mass is 32.2. The average molecular weight is 242 g/mol. The summed E-state index contributed by atoms with van der Waals surface area (Å²) in [4.78, 5) is 4.21. The Morgan fingerprint density at radius 2 is 2.31 bits per heavy atom. The quantitative estimate of drug-likeness (QED) is 0.794. The first-order valence-electron chi connectivity index (χ1n) is 5.11. The van der Waals surface area contributed by atoms with Gasteiger partial charge in [0.25, 0.3) is 0 Å². The SMILES string of the molecule is COc1ccc(NC(C)C(CO)SC)nc1. The summed E-state index contributed by atoms with van der Waals surface area (Å²) in [6.45, 7) is 2.19. The molecule has 0 radical (unpaired) electrons. The number of methoxy groups -OCH3 is 1. The van der Waals surface area contributed by atoms with E-state index in [4.69, 9.17) is 9.84 Å². The van der Waals surface area contributed by atoms with E-state index >= 15 is 0 Å². The minimum atomic E-state index is 0.158. The predicted molar refractivity (Wildman–Crippen MR) is 68.3 cm³/mol. The van der Waals surface area contributed by atoms with Crippen LogP contribution >= 0.6 is 11.8 Å². The molecule has 0 bridgehead atoms. The number of thioether (sulfide) groups is 1. The van der Waals surface area contributed by atoms with Gasteiger partial charge in [0.1, 0.15) is 11.6 Å². The number of anilines is 1. The first-order chi connectivity index (χ1) is 7.71. The average Bonchev–Trinajstić information content (AvgIpc) is 2.31. The highest BCUT2D eigenvalue weighted by molar-refractivity contribution is 7.99. The van der Waals surface area contributed by atoms with Gasteiger partial charge in [-0.15, -0.1) is 0 Å². The first-order valence-corrected chi connectivity index (χ1v) is 6.40. The van der Waals surface area contributed by atoms with Crippen LogP contribution in [0.1, 0.15) is 6.92 Å². The second-order valence-electron chi connectivity index (χ2n) is 3.47. The fourth-order valence-electron chi connectivity index (χ4n) is 1.35. The van der Waals surface area contributed by atoms with E-state index in [9.17, 15) is 0 Å². The molecule has 1 rings (SSSR count). The lowest BCUT2D eigenvalue weighted by atomic mass is 10.2. The molecule has 0 aliphatic heterocycles. The molecule has 0 aromatic carbocycles. The number of hydrogen-bond donors (Lipinski definition) is 2. The zero-order chi connectivity index (χ0) is 12.0. The third-order valence-corrected chi connectivity index (χ3v) is 3.55. The van der Waals surface area contributed by atoms with E-state index in [0.29, 0.717) is 0 Å². The van der Waals surface area contributed by atoms with Gasteiger partial charge in [-0.2, -0.15) is 11.8 Å². The molecule has 0 saturated carbocycles. The Morgan fingerprint density at radius 3 is 2.75 bits per heavy atom. The summed E-state index contributed by atoms with van der Waals surface area (Å²) in [6, 6.07) is 3.89. The van der Waals surface area contributed by atoms with E-state index in [1.165, 1.54) is 0 Å². The second-order valence-corrected chi connectivity index (χ2v) is 4.55. The number of nitrogens with zero attached hydrogens (tertiary/aromatic N) is 1. The van der Waals surface area contributed by atoms with Crippen LogP contribution in [0, 0.1) is 0 Å². The van der Waals surface area contributed by atoms with Crippen molar-refractivity contribution in [1.29, 1.82) is 0 Å². The lowest BCUT2D eigenvalue weighted by Gasteiger charge is -2.21. The van der Waals surface area contributed by atoms with Gasteiger partial charge in [-0.25, -0.2) is 4.98 Å². The molecule has 0 amide bonds. The van der Waals surface area contributed by atoms with Crippen LogP contribution in [-0.2, 0) is 0 Å². The van der Waals surface area contributed by atoms with E-state index in [-0.39, 0.29) is 17.9 Å². The molecule has 2 atom stereocenters. The molecule has 0 aliphatic rings. The van der Waals surface area contributed by atoms with E-state index < -0.39 is 0 Å². The molecule has 1 aromatic heterocycles. The summed E-state index contributed by atoms with van der Waals surface area (Å²) in [7, 11) is 1.61. The summed E-state index contributed by atoms with van der Waals surface area (Å²) in [5.74, 6) is 1.53. The Hall–Kier alpha value is -0.940. The lowest BCUT2D eigenvalue weighted by Crippen LogP contribution is -2.31. The van der Waals surface area contributed by atoms with Gasteiger partial charge in [-0.05, 0) is 25.3 Å². The Balaban J connectivity index is 2.58. The van der Waals surface area contributed by atoms with Gasteiger partial charge in [0, 0.05) is 11.3 Å². The van der Waals surface area contributed by atoms with E-state index in [1.807, 2.05) is 25.3 Å². The van der Waals surface area contributed by atoms with Gasteiger partial charge in [-0.3, -0.25) is 0 Å². The molecular weight excluding hydrogens is 224 g/mol. The number of rotatable bonds is 6. The fourth-order valence-corrected chi connectivity index (χ4v) is 1.97. The number of hydrogen-bond acceptors (Lipinski definition) is 5. The van der Waals surface area contributed by atoms with Crippen molar-refractivity contribution >= 4 is 17.6 Å². The maximum Gasteiger partial charge on any atom is 0.137 e. The first kappa shape index (κ1) is 13.1.